The van der Waals surface area contributed by atoms with Crippen LogP contribution in [0.15, 0.2) is 10.6 Å². The fraction of sp³-hybridized carbons (Fsp3) is 0.727. The van der Waals surface area contributed by atoms with Gasteiger partial charge < -0.3 is 4.74 Å². The van der Waals surface area contributed by atoms with Gasteiger partial charge in [-0.2, -0.15) is 0 Å². The van der Waals surface area contributed by atoms with Gasteiger partial charge in [0.2, 0.25) is 0 Å². The van der Waals surface area contributed by atoms with Crippen molar-refractivity contribution in [2.75, 3.05) is 6.61 Å². The summed E-state index contributed by atoms with van der Waals surface area (Å²) in [4.78, 5) is 11.2. The average molecular weight is 217 g/mol. The molecule has 1 aliphatic rings. The minimum atomic E-state index is -0.212. The Labute approximate surface area is 90.3 Å². The van der Waals surface area contributed by atoms with Gasteiger partial charge in [-0.25, -0.2) is 0 Å². The van der Waals surface area contributed by atoms with Crippen molar-refractivity contribution in [3.8, 4) is 0 Å². The normalized spacial score (nSPS) is 16.6. The van der Waals surface area contributed by atoms with Crippen LogP contribution in [0, 0.1) is 0 Å². The summed E-state index contributed by atoms with van der Waals surface area (Å²) < 4.78 is 4.85. The van der Waals surface area contributed by atoms with Crippen molar-refractivity contribution >= 4 is 17.6 Å². The fourth-order valence-electron chi connectivity index (χ4n) is 1.71. The lowest BCUT2D eigenvalue weighted by atomic mass is 9.94. The van der Waals surface area contributed by atoms with Gasteiger partial charge in [-0.1, -0.05) is 23.6 Å². The Bertz CT molecular complexity index is 225. The third-order valence-corrected chi connectivity index (χ3v) is 2.85. The molecular weight excluding hydrogens is 200 g/mol. The zero-order valence-corrected chi connectivity index (χ0v) is 9.40. The lowest BCUT2D eigenvalue weighted by Gasteiger charge is -2.15. The first-order valence-electron chi connectivity index (χ1n) is 5.26. The molecule has 0 radical (unpaired) electrons. The molecule has 0 amide bonds. The molecule has 0 aliphatic heterocycles. The predicted molar refractivity (Wildman–Crippen MR) is 57.2 cm³/mol. The lowest BCUT2D eigenvalue weighted by Crippen LogP contribution is -2.05. The molecule has 1 saturated carbocycles. The second-order valence-electron chi connectivity index (χ2n) is 3.55. The van der Waals surface area contributed by atoms with Crippen LogP contribution < -0.4 is 0 Å². The summed E-state index contributed by atoms with van der Waals surface area (Å²) in [6.07, 6.45) is 6.05. The molecule has 0 saturated heterocycles. The van der Waals surface area contributed by atoms with Gasteiger partial charge in [-0.3, -0.25) is 4.79 Å². The molecule has 1 rings (SSSR count). The van der Waals surface area contributed by atoms with Crippen LogP contribution in [0.3, 0.4) is 0 Å². The molecule has 80 valence electrons. The minimum absolute atomic E-state index is 0.212. The molecule has 0 aromatic rings. The number of allylic oxidation sites excluding steroid dienone is 1. The molecule has 0 aromatic heterocycles. The molecule has 0 unspecified atom stereocenters. The second kappa shape index (κ2) is 6.07. The average Bonchev–Trinajstić information content (AvgIpc) is 2.19. The highest BCUT2D eigenvalue weighted by Crippen LogP contribution is 2.28. The van der Waals surface area contributed by atoms with E-state index in [1.54, 1.807) is 6.92 Å². The summed E-state index contributed by atoms with van der Waals surface area (Å²) >= 11 is 6.07. The van der Waals surface area contributed by atoms with Gasteiger partial charge in [0, 0.05) is 5.03 Å². The van der Waals surface area contributed by atoms with E-state index in [-0.39, 0.29) is 12.4 Å². The van der Waals surface area contributed by atoms with E-state index in [1.807, 2.05) is 0 Å². The minimum Gasteiger partial charge on any atom is -0.466 e. The van der Waals surface area contributed by atoms with Gasteiger partial charge >= 0.3 is 5.97 Å². The molecule has 2 nitrogen and oxygen atoms in total. The molecule has 3 heteroatoms. The van der Waals surface area contributed by atoms with Crippen LogP contribution >= 0.6 is 11.6 Å². The maximum atomic E-state index is 11.2. The van der Waals surface area contributed by atoms with E-state index in [2.05, 4.69) is 0 Å². The van der Waals surface area contributed by atoms with E-state index >= 15 is 0 Å². The van der Waals surface area contributed by atoms with Crippen LogP contribution in [0.1, 0.15) is 45.4 Å². The molecule has 0 bridgehead atoms. The van der Waals surface area contributed by atoms with Gasteiger partial charge in [0.15, 0.2) is 0 Å². The van der Waals surface area contributed by atoms with E-state index in [1.165, 1.54) is 24.8 Å². The van der Waals surface area contributed by atoms with E-state index in [4.69, 9.17) is 16.3 Å². The number of carbonyl (C=O) groups excluding carboxylic acids is 1. The van der Waals surface area contributed by atoms with Gasteiger partial charge in [-0.05, 0) is 32.6 Å². The number of halogens is 1. The highest BCUT2D eigenvalue weighted by molar-refractivity contribution is 6.31. The van der Waals surface area contributed by atoms with E-state index in [9.17, 15) is 4.79 Å². The van der Waals surface area contributed by atoms with Crippen LogP contribution in [0.5, 0.6) is 0 Å². The van der Waals surface area contributed by atoms with Crippen molar-refractivity contribution in [2.24, 2.45) is 0 Å². The number of rotatable bonds is 3. The Balaban J connectivity index is 2.45. The van der Waals surface area contributed by atoms with Crippen molar-refractivity contribution < 1.29 is 9.53 Å². The summed E-state index contributed by atoms with van der Waals surface area (Å²) in [7, 11) is 0. The Hall–Kier alpha value is -0.500. The Morgan fingerprint density at radius 3 is 2.57 bits per heavy atom. The van der Waals surface area contributed by atoms with E-state index < -0.39 is 0 Å². The SMILES string of the molecule is CCOC(=O)CC(Cl)=C1CCCCC1. The maximum Gasteiger partial charge on any atom is 0.311 e. The molecule has 0 N–H and O–H groups in total. The quantitative estimate of drug-likeness (QED) is 0.676. The number of ether oxygens (including phenoxy) is 1. The van der Waals surface area contributed by atoms with Crippen LogP contribution in [-0.4, -0.2) is 12.6 Å². The van der Waals surface area contributed by atoms with Gasteiger partial charge in [0.05, 0.1) is 13.0 Å². The first kappa shape index (κ1) is 11.6. The standard InChI is InChI=1S/C11H17ClO2/c1-2-14-11(13)8-10(12)9-6-4-3-5-7-9/h2-8H2,1H3. The molecular formula is C11H17ClO2. The van der Waals surface area contributed by atoms with E-state index in [0.29, 0.717) is 11.6 Å². The fourth-order valence-corrected chi connectivity index (χ4v) is 2.01. The third kappa shape index (κ3) is 3.70. The number of hydrogen-bond donors (Lipinski definition) is 0. The molecule has 0 atom stereocenters. The first-order chi connectivity index (χ1) is 6.74. The highest BCUT2D eigenvalue weighted by Gasteiger charge is 2.12. The second-order valence-corrected chi connectivity index (χ2v) is 4.01. The Morgan fingerprint density at radius 1 is 1.36 bits per heavy atom. The molecule has 0 spiro atoms. The molecule has 1 fully saturated rings. The lowest BCUT2D eigenvalue weighted by molar-refractivity contribution is -0.142. The predicted octanol–water partition coefficient (Wildman–Crippen LogP) is 3.40. The van der Waals surface area contributed by atoms with Crippen LogP contribution in [0.25, 0.3) is 0 Å². The zero-order valence-electron chi connectivity index (χ0n) is 8.64. The van der Waals surface area contributed by atoms with Crippen molar-refractivity contribution in [3.63, 3.8) is 0 Å². The first-order valence-corrected chi connectivity index (χ1v) is 5.64. The van der Waals surface area contributed by atoms with Gasteiger partial charge in [0.1, 0.15) is 0 Å². The van der Waals surface area contributed by atoms with Gasteiger partial charge in [0.25, 0.3) is 0 Å². The summed E-state index contributed by atoms with van der Waals surface area (Å²) in [5.74, 6) is -0.212. The van der Waals surface area contributed by atoms with Crippen molar-refractivity contribution in [1.29, 1.82) is 0 Å². The van der Waals surface area contributed by atoms with Crippen molar-refractivity contribution in [3.05, 3.63) is 10.6 Å². The summed E-state index contributed by atoms with van der Waals surface area (Å²) in [6.45, 7) is 2.23. The topological polar surface area (TPSA) is 26.3 Å². The molecule has 0 aromatic carbocycles. The smallest absolute Gasteiger partial charge is 0.311 e. The summed E-state index contributed by atoms with van der Waals surface area (Å²) in [6, 6.07) is 0. The van der Waals surface area contributed by atoms with Crippen LogP contribution in [0.4, 0.5) is 0 Å². The Morgan fingerprint density at radius 2 is 2.00 bits per heavy atom. The van der Waals surface area contributed by atoms with Crippen LogP contribution in [0.2, 0.25) is 0 Å². The summed E-state index contributed by atoms with van der Waals surface area (Å²) in [5, 5.41) is 0.711. The maximum absolute atomic E-state index is 11.2. The van der Waals surface area contributed by atoms with Gasteiger partial charge in [-0.15, -0.1) is 0 Å². The summed E-state index contributed by atoms with van der Waals surface area (Å²) in [5.41, 5.74) is 1.26. The Kier molecular flexibility index (Phi) is 5.02. The highest BCUT2D eigenvalue weighted by atomic mass is 35.5. The zero-order chi connectivity index (χ0) is 10.4. The molecule has 1 aliphatic carbocycles. The van der Waals surface area contributed by atoms with Crippen molar-refractivity contribution in [1.82, 2.24) is 0 Å². The number of hydrogen-bond acceptors (Lipinski definition) is 2. The molecule has 0 heterocycles. The van der Waals surface area contributed by atoms with Crippen molar-refractivity contribution in [2.45, 2.75) is 45.4 Å². The largest absolute Gasteiger partial charge is 0.466 e. The van der Waals surface area contributed by atoms with E-state index in [0.717, 1.165) is 12.8 Å². The number of esters is 1. The monoisotopic (exact) mass is 216 g/mol. The third-order valence-electron chi connectivity index (χ3n) is 2.45. The van der Waals surface area contributed by atoms with Crippen LogP contribution in [-0.2, 0) is 9.53 Å². The number of carbonyl (C=O) groups is 1. The molecule has 14 heavy (non-hydrogen) atoms.